The number of hydrogen-bond donors (Lipinski definition) is 1. The van der Waals surface area contributed by atoms with Crippen LogP contribution in [0.3, 0.4) is 0 Å². The van der Waals surface area contributed by atoms with Crippen molar-refractivity contribution < 1.29 is 9.18 Å². The quantitative estimate of drug-likeness (QED) is 0.798. The number of pyridine rings is 1. The Bertz CT molecular complexity index is 683. The number of benzene rings is 1. The molecule has 0 radical (unpaired) electrons. The minimum atomic E-state index is -0.362. The fourth-order valence-corrected chi connectivity index (χ4v) is 2.66. The Hall–Kier alpha value is -2.01. The molecule has 0 saturated carbocycles. The molecule has 0 aliphatic rings. The zero-order valence-electron chi connectivity index (χ0n) is 14.0. The van der Waals surface area contributed by atoms with Crippen molar-refractivity contribution in [3.63, 3.8) is 0 Å². The van der Waals surface area contributed by atoms with Crippen LogP contribution >= 0.6 is 0 Å². The molecule has 0 fully saturated rings. The summed E-state index contributed by atoms with van der Waals surface area (Å²) in [6, 6.07) is 6.05. The van der Waals surface area contributed by atoms with Gasteiger partial charge in [-0.1, -0.05) is 13.8 Å². The molecule has 0 unspecified atom stereocenters. The third kappa shape index (κ3) is 4.48. The summed E-state index contributed by atoms with van der Waals surface area (Å²) in [7, 11) is 0. The second-order valence-electron chi connectivity index (χ2n) is 5.61. The van der Waals surface area contributed by atoms with Crippen molar-refractivity contribution in [1.82, 2.24) is 15.2 Å². The van der Waals surface area contributed by atoms with Crippen LogP contribution in [0.25, 0.3) is 10.9 Å². The molecule has 2 rings (SSSR count). The second kappa shape index (κ2) is 8.02. The fourth-order valence-electron chi connectivity index (χ4n) is 2.66. The summed E-state index contributed by atoms with van der Waals surface area (Å²) in [4.78, 5) is 19.1. The first-order valence-electron chi connectivity index (χ1n) is 8.12. The van der Waals surface area contributed by atoms with Gasteiger partial charge in [0.25, 0.3) is 5.91 Å². The van der Waals surface area contributed by atoms with Gasteiger partial charge in [0.1, 0.15) is 5.82 Å². The molecule has 1 N–H and O–H groups in total. The van der Waals surface area contributed by atoms with Crippen molar-refractivity contribution in [1.29, 1.82) is 0 Å². The Balaban J connectivity index is 2.07. The van der Waals surface area contributed by atoms with Crippen LogP contribution in [0.2, 0.25) is 0 Å². The molecule has 0 atom stereocenters. The molecule has 0 bridgehead atoms. The average molecular weight is 317 g/mol. The van der Waals surface area contributed by atoms with Crippen LogP contribution in [-0.4, -0.2) is 42.0 Å². The number of hydrogen-bond acceptors (Lipinski definition) is 3. The van der Waals surface area contributed by atoms with Gasteiger partial charge in [-0.15, -0.1) is 0 Å². The van der Waals surface area contributed by atoms with Crippen molar-refractivity contribution >= 4 is 16.8 Å². The molecule has 1 aromatic heterocycles. The van der Waals surface area contributed by atoms with E-state index in [1.165, 1.54) is 12.1 Å². The maximum absolute atomic E-state index is 13.5. The van der Waals surface area contributed by atoms with Gasteiger partial charge in [-0.2, -0.15) is 0 Å². The predicted octanol–water partition coefficient (Wildman–Crippen LogP) is 3.14. The molecule has 4 nitrogen and oxygen atoms in total. The number of fused-ring (bicyclic) bond motifs is 1. The minimum Gasteiger partial charge on any atom is -0.352 e. The summed E-state index contributed by atoms with van der Waals surface area (Å²) in [6.07, 6.45) is 0.893. The number of aromatic nitrogens is 1. The molecular formula is C18H24FN3O. The fraction of sp³-hybridized carbons (Fsp3) is 0.444. The van der Waals surface area contributed by atoms with E-state index in [4.69, 9.17) is 0 Å². The first-order chi connectivity index (χ1) is 11.0. The Morgan fingerprint density at radius 3 is 2.70 bits per heavy atom. The van der Waals surface area contributed by atoms with Gasteiger partial charge in [0.15, 0.2) is 0 Å². The molecule has 0 saturated heterocycles. The number of amides is 1. The highest BCUT2D eigenvalue weighted by molar-refractivity contribution is 6.06. The van der Waals surface area contributed by atoms with E-state index in [9.17, 15) is 9.18 Å². The highest BCUT2D eigenvalue weighted by Gasteiger charge is 2.12. The molecule has 23 heavy (non-hydrogen) atoms. The van der Waals surface area contributed by atoms with Crippen molar-refractivity contribution in [2.75, 3.05) is 26.2 Å². The van der Waals surface area contributed by atoms with Gasteiger partial charge in [0, 0.05) is 17.6 Å². The number of rotatable bonds is 7. The highest BCUT2D eigenvalue weighted by Crippen LogP contribution is 2.19. The first-order valence-corrected chi connectivity index (χ1v) is 8.12. The Labute approximate surface area is 136 Å². The van der Waals surface area contributed by atoms with Crippen molar-refractivity contribution in [3.05, 3.63) is 41.3 Å². The van der Waals surface area contributed by atoms with Gasteiger partial charge in [-0.05, 0) is 57.2 Å². The van der Waals surface area contributed by atoms with Crippen LogP contribution in [0.15, 0.2) is 24.3 Å². The third-order valence-electron chi connectivity index (χ3n) is 3.97. The van der Waals surface area contributed by atoms with E-state index in [1.54, 1.807) is 12.1 Å². The third-order valence-corrected chi connectivity index (χ3v) is 3.97. The maximum atomic E-state index is 13.5. The summed E-state index contributed by atoms with van der Waals surface area (Å²) in [6.45, 7) is 9.67. The Morgan fingerprint density at radius 2 is 2.00 bits per heavy atom. The molecule has 0 spiro atoms. The lowest BCUT2D eigenvalue weighted by molar-refractivity contribution is 0.0953. The average Bonchev–Trinajstić information content (AvgIpc) is 2.54. The van der Waals surface area contributed by atoms with E-state index >= 15 is 0 Å². The zero-order chi connectivity index (χ0) is 16.8. The molecule has 1 aromatic carbocycles. The second-order valence-corrected chi connectivity index (χ2v) is 5.61. The lowest BCUT2D eigenvalue weighted by Gasteiger charge is -2.17. The number of nitrogens with zero attached hydrogens (tertiary/aromatic N) is 2. The van der Waals surface area contributed by atoms with E-state index in [-0.39, 0.29) is 11.7 Å². The lowest BCUT2D eigenvalue weighted by Crippen LogP contribution is -2.30. The number of carbonyl (C=O) groups excluding carboxylic acids is 1. The van der Waals surface area contributed by atoms with Crippen LogP contribution in [0.5, 0.6) is 0 Å². The number of aryl methyl sites for hydroxylation is 1. The number of halogens is 1. The normalized spacial score (nSPS) is 11.2. The standard InChI is InChI=1S/C18H24FN3O/c1-4-22(5-2)10-6-9-20-18(23)16-11-13(3)21-17-8-7-14(19)12-15(16)17/h7-8,11-12H,4-6,9-10H2,1-3H3,(H,20,23). The number of nitrogens with one attached hydrogen (secondary N) is 1. The topological polar surface area (TPSA) is 45.2 Å². The summed E-state index contributed by atoms with van der Waals surface area (Å²) in [5.41, 5.74) is 1.87. The highest BCUT2D eigenvalue weighted by atomic mass is 19.1. The Morgan fingerprint density at radius 1 is 1.26 bits per heavy atom. The molecule has 124 valence electrons. The summed E-state index contributed by atoms with van der Waals surface area (Å²) < 4.78 is 13.5. The molecular weight excluding hydrogens is 293 g/mol. The molecule has 2 aromatic rings. The SMILES string of the molecule is CCN(CC)CCCNC(=O)c1cc(C)nc2ccc(F)cc12. The lowest BCUT2D eigenvalue weighted by atomic mass is 10.1. The number of carbonyl (C=O) groups is 1. The molecule has 5 heteroatoms. The van der Waals surface area contributed by atoms with Crippen LogP contribution in [0.1, 0.15) is 36.3 Å². The van der Waals surface area contributed by atoms with E-state index in [0.717, 1.165) is 31.7 Å². The van der Waals surface area contributed by atoms with Gasteiger partial charge >= 0.3 is 0 Å². The minimum absolute atomic E-state index is 0.175. The van der Waals surface area contributed by atoms with Crippen LogP contribution in [0, 0.1) is 12.7 Å². The molecule has 0 aliphatic heterocycles. The van der Waals surface area contributed by atoms with Gasteiger partial charge in [0.05, 0.1) is 11.1 Å². The van der Waals surface area contributed by atoms with E-state index in [1.807, 2.05) is 6.92 Å². The largest absolute Gasteiger partial charge is 0.352 e. The van der Waals surface area contributed by atoms with Crippen LogP contribution in [-0.2, 0) is 0 Å². The summed E-state index contributed by atoms with van der Waals surface area (Å²) >= 11 is 0. The van der Waals surface area contributed by atoms with E-state index < -0.39 is 0 Å². The summed E-state index contributed by atoms with van der Waals surface area (Å²) in [5.74, 6) is -0.538. The van der Waals surface area contributed by atoms with E-state index in [0.29, 0.717) is 23.0 Å². The van der Waals surface area contributed by atoms with Gasteiger partial charge < -0.3 is 10.2 Å². The van der Waals surface area contributed by atoms with Crippen LogP contribution < -0.4 is 5.32 Å². The maximum Gasteiger partial charge on any atom is 0.252 e. The Kier molecular flexibility index (Phi) is 6.04. The van der Waals surface area contributed by atoms with Crippen molar-refractivity contribution in [2.45, 2.75) is 27.2 Å². The van der Waals surface area contributed by atoms with Gasteiger partial charge in [-0.25, -0.2) is 4.39 Å². The first kappa shape index (κ1) is 17.3. The molecule has 0 aliphatic carbocycles. The molecule has 1 heterocycles. The summed E-state index contributed by atoms with van der Waals surface area (Å²) in [5, 5.41) is 3.48. The predicted molar refractivity (Wildman–Crippen MR) is 91.2 cm³/mol. The zero-order valence-corrected chi connectivity index (χ0v) is 14.0. The van der Waals surface area contributed by atoms with Crippen molar-refractivity contribution in [3.8, 4) is 0 Å². The van der Waals surface area contributed by atoms with Gasteiger partial charge in [-0.3, -0.25) is 9.78 Å². The monoisotopic (exact) mass is 317 g/mol. The van der Waals surface area contributed by atoms with E-state index in [2.05, 4.69) is 29.0 Å². The smallest absolute Gasteiger partial charge is 0.252 e. The molecule has 1 amide bonds. The van der Waals surface area contributed by atoms with Crippen LogP contribution in [0.4, 0.5) is 4.39 Å². The van der Waals surface area contributed by atoms with Crippen molar-refractivity contribution in [2.24, 2.45) is 0 Å². The van der Waals surface area contributed by atoms with Gasteiger partial charge in [0.2, 0.25) is 0 Å².